The second-order valence-electron chi connectivity index (χ2n) is 1.67. The summed E-state index contributed by atoms with van der Waals surface area (Å²) in [4.78, 5) is 3.89. The monoisotopic (exact) mass is 235 g/mol. The Hall–Kier alpha value is -0.160. The van der Waals surface area contributed by atoms with Crippen molar-refractivity contribution in [3.63, 3.8) is 0 Å². The third-order valence-corrected chi connectivity index (χ3v) is 1.53. The lowest BCUT2D eigenvalue weighted by atomic mass is 10.3. The van der Waals surface area contributed by atoms with Gasteiger partial charge in [-0.15, -0.1) is 0 Å². The molecule has 0 spiro atoms. The highest BCUT2D eigenvalue weighted by Gasteiger charge is 1.89. The molecular formula is C6H6INO. The zero-order chi connectivity index (χ0) is 6.69. The number of halogens is 1. The lowest BCUT2D eigenvalue weighted by molar-refractivity contribution is 0.281. The molecule has 0 aliphatic rings. The first kappa shape index (κ1) is 6.95. The fourth-order valence-corrected chi connectivity index (χ4v) is 1.10. The van der Waals surface area contributed by atoms with E-state index in [-0.39, 0.29) is 6.61 Å². The van der Waals surface area contributed by atoms with Gasteiger partial charge in [-0.3, -0.25) is 4.98 Å². The smallest absolute Gasteiger partial charge is 0.0697 e. The van der Waals surface area contributed by atoms with Crippen molar-refractivity contribution in [3.05, 3.63) is 27.6 Å². The van der Waals surface area contributed by atoms with E-state index in [9.17, 15) is 0 Å². The van der Waals surface area contributed by atoms with Crippen LogP contribution in [0.5, 0.6) is 0 Å². The molecule has 1 aromatic rings. The van der Waals surface area contributed by atoms with Crippen LogP contribution < -0.4 is 0 Å². The van der Waals surface area contributed by atoms with E-state index in [2.05, 4.69) is 27.6 Å². The van der Waals surface area contributed by atoms with Crippen LogP contribution in [0.4, 0.5) is 0 Å². The van der Waals surface area contributed by atoms with Gasteiger partial charge in [-0.05, 0) is 34.2 Å². The van der Waals surface area contributed by atoms with Crippen LogP contribution in [0, 0.1) is 3.57 Å². The van der Waals surface area contributed by atoms with Crippen molar-refractivity contribution >= 4 is 22.6 Å². The van der Waals surface area contributed by atoms with Gasteiger partial charge in [0.2, 0.25) is 0 Å². The van der Waals surface area contributed by atoms with Crippen molar-refractivity contribution in [1.29, 1.82) is 0 Å². The number of aromatic nitrogens is 1. The topological polar surface area (TPSA) is 33.1 Å². The zero-order valence-corrected chi connectivity index (χ0v) is 6.87. The Morgan fingerprint density at radius 3 is 2.78 bits per heavy atom. The van der Waals surface area contributed by atoms with E-state index in [0.29, 0.717) is 0 Å². The Kier molecular flexibility index (Phi) is 2.41. The maximum atomic E-state index is 8.62. The summed E-state index contributed by atoms with van der Waals surface area (Å²) in [5.41, 5.74) is 0.863. The van der Waals surface area contributed by atoms with Crippen LogP contribution in [0.1, 0.15) is 5.56 Å². The first-order valence-corrected chi connectivity index (χ1v) is 3.61. The van der Waals surface area contributed by atoms with Gasteiger partial charge in [0.05, 0.1) is 6.61 Å². The lowest BCUT2D eigenvalue weighted by Crippen LogP contribution is -1.84. The molecule has 0 bridgehead atoms. The van der Waals surface area contributed by atoms with Crippen LogP contribution in [-0.2, 0) is 6.61 Å². The Morgan fingerprint density at radius 2 is 2.33 bits per heavy atom. The second-order valence-corrected chi connectivity index (χ2v) is 2.92. The number of aliphatic hydroxyl groups is 1. The van der Waals surface area contributed by atoms with Gasteiger partial charge < -0.3 is 5.11 Å². The number of pyridine rings is 1. The summed E-state index contributed by atoms with van der Waals surface area (Å²) in [6.45, 7) is 0.0733. The molecule has 0 aromatic carbocycles. The van der Waals surface area contributed by atoms with Crippen LogP contribution in [0.15, 0.2) is 18.5 Å². The number of rotatable bonds is 1. The lowest BCUT2D eigenvalue weighted by Gasteiger charge is -1.92. The van der Waals surface area contributed by atoms with Crippen molar-refractivity contribution in [3.8, 4) is 0 Å². The highest BCUT2D eigenvalue weighted by Crippen LogP contribution is 2.04. The third kappa shape index (κ3) is 1.91. The van der Waals surface area contributed by atoms with Gasteiger partial charge in [-0.2, -0.15) is 0 Å². The number of hydrogen-bond acceptors (Lipinski definition) is 2. The predicted octanol–water partition coefficient (Wildman–Crippen LogP) is 1.18. The summed E-state index contributed by atoms with van der Waals surface area (Å²) in [6, 6.07) is 1.90. The minimum absolute atomic E-state index is 0.0733. The second kappa shape index (κ2) is 3.12. The molecule has 1 aromatic heterocycles. The molecule has 0 radical (unpaired) electrons. The van der Waals surface area contributed by atoms with Crippen LogP contribution in [-0.4, -0.2) is 10.1 Å². The van der Waals surface area contributed by atoms with Gasteiger partial charge >= 0.3 is 0 Å². The molecule has 0 amide bonds. The van der Waals surface area contributed by atoms with Crippen molar-refractivity contribution in [2.75, 3.05) is 0 Å². The molecule has 1 N–H and O–H groups in total. The fraction of sp³-hybridized carbons (Fsp3) is 0.167. The highest BCUT2D eigenvalue weighted by atomic mass is 127. The summed E-state index contributed by atoms with van der Waals surface area (Å²) in [5.74, 6) is 0. The quantitative estimate of drug-likeness (QED) is 0.741. The summed E-state index contributed by atoms with van der Waals surface area (Å²) < 4.78 is 1.05. The fourth-order valence-electron chi connectivity index (χ4n) is 0.542. The average Bonchev–Trinajstić information content (AvgIpc) is 1.88. The number of nitrogens with zero attached hydrogens (tertiary/aromatic N) is 1. The van der Waals surface area contributed by atoms with Crippen LogP contribution in [0.2, 0.25) is 0 Å². The van der Waals surface area contributed by atoms with Gasteiger partial charge in [-0.25, -0.2) is 0 Å². The Balaban J connectivity index is 2.94. The van der Waals surface area contributed by atoms with E-state index in [1.165, 1.54) is 0 Å². The van der Waals surface area contributed by atoms with Gasteiger partial charge in [0, 0.05) is 16.0 Å². The van der Waals surface area contributed by atoms with Crippen molar-refractivity contribution in [2.24, 2.45) is 0 Å². The molecule has 0 saturated carbocycles. The SMILES string of the molecule is OCc1cncc(I)c1. The molecule has 48 valence electrons. The van der Waals surface area contributed by atoms with Gasteiger partial charge in [0.1, 0.15) is 0 Å². The summed E-state index contributed by atoms with van der Waals surface area (Å²) in [7, 11) is 0. The van der Waals surface area contributed by atoms with Crippen LogP contribution in [0.3, 0.4) is 0 Å². The standard InChI is InChI=1S/C6H6INO/c7-6-1-5(4-9)2-8-3-6/h1-3,9H,4H2. The molecule has 9 heavy (non-hydrogen) atoms. The van der Waals surface area contributed by atoms with Crippen molar-refractivity contribution in [2.45, 2.75) is 6.61 Å². The summed E-state index contributed by atoms with van der Waals surface area (Å²) in [6.07, 6.45) is 3.40. The van der Waals surface area contributed by atoms with E-state index in [0.717, 1.165) is 9.13 Å². The Labute approximate surface area is 67.1 Å². The molecule has 0 saturated heterocycles. The molecule has 1 heterocycles. The van der Waals surface area contributed by atoms with E-state index >= 15 is 0 Å². The first-order chi connectivity index (χ1) is 4.33. The molecular weight excluding hydrogens is 229 g/mol. The Morgan fingerprint density at radius 1 is 1.56 bits per heavy atom. The molecule has 1 rings (SSSR count). The molecule has 0 fully saturated rings. The maximum Gasteiger partial charge on any atom is 0.0697 e. The molecule has 0 aliphatic heterocycles. The minimum atomic E-state index is 0.0733. The van der Waals surface area contributed by atoms with E-state index in [1.54, 1.807) is 12.4 Å². The van der Waals surface area contributed by atoms with E-state index in [1.807, 2.05) is 6.07 Å². The molecule has 0 unspecified atom stereocenters. The van der Waals surface area contributed by atoms with Crippen LogP contribution in [0.25, 0.3) is 0 Å². The van der Waals surface area contributed by atoms with Gasteiger partial charge in [0.15, 0.2) is 0 Å². The van der Waals surface area contributed by atoms with E-state index in [4.69, 9.17) is 5.11 Å². The molecule has 0 aliphatic carbocycles. The Bertz CT molecular complexity index is 202. The zero-order valence-electron chi connectivity index (χ0n) is 4.71. The summed E-state index contributed by atoms with van der Waals surface area (Å²) in [5, 5.41) is 8.62. The largest absolute Gasteiger partial charge is 0.392 e. The third-order valence-electron chi connectivity index (χ3n) is 0.944. The molecule has 2 nitrogen and oxygen atoms in total. The number of aliphatic hydroxyl groups excluding tert-OH is 1. The average molecular weight is 235 g/mol. The minimum Gasteiger partial charge on any atom is -0.392 e. The van der Waals surface area contributed by atoms with Crippen molar-refractivity contribution in [1.82, 2.24) is 4.98 Å². The maximum absolute atomic E-state index is 8.62. The predicted molar refractivity (Wildman–Crippen MR) is 42.9 cm³/mol. The van der Waals surface area contributed by atoms with Gasteiger partial charge in [0.25, 0.3) is 0 Å². The normalized spacial score (nSPS) is 9.56. The van der Waals surface area contributed by atoms with Crippen LogP contribution >= 0.6 is 22.6 Å². The first-order valence-electron chi connectivity index (χ1n) is 2.53. The molecule has 0 atom stereocenters. The van der Waals surface area contributed by atoms with Gasteiger partial charge in [-0.1, -0.05) is 0 Å². The van der Waals surface area contributed by atoms with Crippen molar-refractivity contribution < 1.29 is 5.11 Å². The molecule has 3 heteroatoms. The number of hydrogen-bond donors (Lipinski definition) is 1. The summed E-state index contributed by atoms with van der Waals surface area (Å²) >= 11 is 2.16. The van der Waals surface area contributed by atoms with E-state index < -0.39 is 0 Å². The highest BCUT2D eigenvalue weighted by molar-refractivity contribution is 14.1.